The molecule has 0 saturated carbocycles. The maximum absolute atomic E-state index is 14.5. The molecule has 2 unspecified atom stereocenters. The van der Waals surface area contributed by atoms with E-state index in [-0.39, 0.29) is 17.5 Å². The van der Waals surface area contributed by atoms with Gasteiger partial charge in [0.05, 0.1) is 11.7 Å². The monoisotopic (exact) mass is 346 g/mol. The van der Waals surface area contributed by atoms with Gasteiger partial charge in [-0.25, -0.2) is 4.39 Å². The molecule has 0 aliphatic carbocycles. The van der Waals surface area contributed by atoms with Gasteiger partial charge < -0.3 is 4.74 Å². The van der Waals surface area contributed by atoms with Gasteiger partial charge in [0.2, 0.25) is 0 Å². The molecular weight excluding hydrogens is 320 g/mol. The first-order valence-corrected chi connectivity index (χ1v) is 8.85. The lowest BCUT2D eigenvalue weighted by Gasteiger charge is -2.28. The molecular formula is C19H26F4O. The molecule has 1 heterocycles. The van der Waals surface area contributed by atoms with Crippen LogP contribution >= 0.6 is 0 Å². The quantitative estimate of drug-likeness (QED) is 0.580. The predicted molar refractivity (Wildman–Crippen MR) is 86.5 cm³/mol. The molecule has 2 rings (SSSR count). The predicted octanol–water partition coefficient (Wildman–Crippen LogP) is 5.93. The zero-order valence-electron chi connectivity index (χ0n) is 14.4. The van der Waals surface area contributed by atoms with Crippen LogP contribution in [0.25, 0.3) is 0 Å². The number of ether oxygens (including phenoxy) is 1. The van der Waals surface area contributed by atoms with E-state index in [1.165, 1.54) is 12.1 Å². The van der Waals surface area contributed by atoms with Crippen molar-refractivity contribution in [3.05, 3.63) is 34.6 Å². The number of hydrogen-bond donors (Lipinski definition) is 0. The number of benzene rings is 1. The molecule has 0 amide bonds. The first kappa shape index (κ1) is 19.2. The summed E-state index contributed by atoms with van der Waals surface area (Å²) in [5.74, 6) is -0.784. The van der Waals surface area contributed by atoms with Gasteiger partial charge in [-0.1, -0.05) is 32.4 Å². The van der Waals surface area contributed by atoms with Crippen LogP contribution in [0.5, 0.6) is 0 Å². The van der Waals surface area contributed by atoms with Crippen molar-refractivity contribution >= 4 is 0 Å². The lowest BCUT2D eigenvalue weighted by Crippen LogP contribution is -2.25. The van der Waals surface area contributed by atoms with E-state index in [4.69, 9.17) is 4.74 Å². The van der Waals surface area contributed by atoms with Crippen molar-refractivity contribution in [1.82, 2.24) is 0 Å². The maximum atomic E-state index is 14.5. The van der Waals surface area contributed by atoms with Gasteiger partial charge in [-0.2, -0.15) is 13.2 Å². The lowest BCUT2D eigenvalue weighted by atomic mass is 9.90. The number of hydrogen-bond acceptors (Lipinski definition) is 1. The van der Waals surface area contributed by atoms with Gasteiger partial charge in [0.1, 0.15) is 5.82 Å². The zero-order valence-corrected chi connectivity index (χ0v) is 14.4. The highest BCUT2D eigenvalue weighted by Crippen LogP contribution is 2.36. The van der Waals surface area contributed by atoms with Crippen molar-refractivity contribution in [3.63, 3.8) is 0 Å². The highest BCUT2D eigenvalue weighted by atomic mass is 19.4. The van der Waals surface area contributed by atoms with Crippen LogP contribution in [0, 0.1) is 11.7 Å². The molecule has 24 heavy (non-hydrogen) atoms. The second-order valence-electron chi connectivity index (χ2n) is 6.67. The lowest BCUT2D eigenvalue weighted by molar-refractivity contribution is -0.140. The third-order valence-electron chi connectivity index (χ3n) is 4.85. The Morgan fingerprint density at radius 1 is 1.08 bits per heavy atom. The molecule has 1 aliphatic rings. The van der Waals surface area contributed by atoms with E-state index in [2.05, 4.69) is 6.92 Å². The molecule has 1 aromatic rings. The van der Waals surface area contributed by atoms with E-state index in [9.17, 15) is 17.6 Å². The number of rotatable bonds is 6. The Kier molecular flexibility index (Phi) is 6.67. The van der Waals surface area contributed by atoms with Crippen molar-refractivity contribution in [1.29, 1.82) is 0 Å². The van der Waals surface area contributed by atoms with Gasteiger partial charge in [0.25, 0.3) is 0 Å². The highest BCUT2D eigenvalue weighted by molar-refractivity contribution is 5.36. The van der Waals surface area contributed by atoms with Crippen molar-refractivity contribution in [2.75, 3.05) is 6.61 Å². The largest absolute Gasteiger partial charge is 0.419 e. The summed E-state index contributed by atoms with van der Waals surface area (Å²) in [4.78, 5) is 0. The van der Waals surface area contributed by atoms with E-state index >= 15 is 0 Å². The van der Waals surface area contributed by atoms with Crippen LogP contribution in [0.1, 0.15) is 62.6 Å². The summed E-state index contributed by atoms with van der Waals surface area (Å²) in [6, 6.07) is 2.96. The topological polar surface area (TPSA) is 9.23 Å². The van der Waals surface area contributed by atoms with Gasteiger partial charge in [0, 0.05) is 6.61 Å². The summed E-state index contributed by atoms with van der Waals surface area (Å²) in [7, 11) is 0. The molecule has 1 aromatic carbocycles. The molecule has 0 bridgehead atoms. The summed E-state index contributed by atoms with van der Waals surface area (Å²) < 4.78 is 59.9. The third-order valence-corrected chi connectivity index (χ3v) is 4.85. The second kappa shape index (κ2) is 8.32. The van der Waals surface area contributed by atoms with E-state index in [0.29, 0.717) is 37.9 Å². The van der Waals surface area contributed by atoms with Crippen LogP contribution in [-0.4, -0.2) is 12.7 Å². The molecule has 2 atom stereocenters. The smallest absolute Gasteiger partial charge is 0.378 e. The van der Waals surface area contributed by atoms with Crippen LogP contribution in [0.3, 0.4) is 0 Å². The minimum atomic E-state index is -4.65. The number of alkyl halides is 3. The Bertz CT molecular complexity index is 531. The van der Waals surface area contributed by atoms with E-state index in [1.807, 2.05) is 0 Å². The maximum Gasteiger partial charge on any atom is 0.419 e. The summed E-state index contributed by atoms with van der Waals surface area (Å²) in [5, 5.41) is 0. The zero-order chi connectivity index (χ0) is 17.7. The van der Waals surface area contributed by atoms with E-state index in [0.717, 1.165) is 19.3 Å². The number of halogens is 4. The molecule has 1 aliphatic heterocycles. The summed E-state index contributed by atoms with van der Waals surface area (Å²) in [6.45, 7) is 4.50. The molecule has 0 aromatic heterocycles. The van der Waals surface area contributed by atoms with E-state index < -0.39 is 17.6 Å². The fraction of sp³-hybridized carbons (Fsp3) is 0.684. The van der Waals surface area contributed by atoms with Gasteiger partial charge >= 0.3 is 6.18 Å². The van der Waals surface area contributed by atoms with Crippen molar-refractivity contribution in [2.24, 2.45) is 5.92 Å². The second-order valence-corrected chi connectivity index (χ2v) is 6.67. The fourth-order valence-electron chi connectivity index (χ4n) is 3.41. The average Bonchev–Trinajstić information content (AvgIpc) is 2.53. The van der Waals surface area contributed by atoms with Crippen LogP contribution in [0.2, 0.25) is 0 Å². The minimum absolute atomic E-state index is 0.0537. The van der Waals surface area contributed by atoms with Crippen LogP contribution < -0.4 is 0 Å². The Balaban J connectivity index is 2.08. The molecule has 136 valence electrons. The molecule has 1 fully saturated rings. The van der Waals surface area contributed by atoms with Gasteiger partial charge in [0.15, 0.2) is 0 Å². The van der Waals surface area contributed by atoms with Crippen LogP contribution in [-0.2, 0) is 23.8 Å². The van der Waals surface area contributed by atoms with Crippen LogP contribution in [0.15, 0.2) is 12.1 Å². The molecule has 1 saturated heterocycles. The van der Waals surface area contributed by atoms with E-state index in [1.54, 1.807) is 6.92 Å². The molecule has 0 spiro atoms. The van der Waals surface area contributed by atoms with Gasteiger partial charge in [-0.3, -0.25) is 0 Å². The molecule has 5 heteroatoms. The van der Waals surface area contributed by atoms with Crippen molar-refractivity contribution in [3.8, 4) is 0 Å². The Hall–Kier alpha value is -1.10. The first-order valence-electron chi connectivity index (χ1n) is 8.85. The van der Waals surface area contributed by atoms with Gasteiger partial charge in [-0.05, 0) is 55.6 Å². The molecule has 0 radical (unpaired) electrons. The minimum Gasteiger partial charge on any atom is -0.378 e. The third kappa shape index (κ3) is 4.71. The van der Waals surface area contributed by atoms with Gasteiger partial charge in [-0.15, -0.1) is 0 Å². The fourth-order valence-corrected chi connectivity index (χ4v) is 3.41. The normalized spacial score (nSPS) is 21.9. The van der Waals surface area contributed by atoms with Crippen molar-refractivity contribution < 1.29 is 22.3 Å². The Morgan fingerprint density at radius 3 is 2.33 bits per heavy atom. The average molecular weight is 346 g/mol. The SMILES string of the molecule is CCCc1ccc(CCC2CCC(CC)OC2)c(F)c1C(F)(F)F. The number of aryl methyl sites for hydroxylation is 2. The van der Waals surface area contributed by atoms with Crippen molar-refractivity contribution in [2.45, 2.75) is 71.1 Å². The molecule has 0 N–H and O–H groups in total. The summed E-state index contributed by atoms with van der Waals surface area (Å²) >= 11 is 0. The standard InChI is InChI=1S/C19H26F4O/c1-3-5-14-9-10-15(18(20)17(14)19(21,22)23)8-6-13-7-11-16(4-2)24-12-13/h9-10,13,16H,3-8,11-12H2,1-2H3. The Morgan fingerprint density at radius 2 is 1.79 bits per heavy atom. The molecule has 1 nitrogen and oxygen atoms in total. The first-order chi connectivity index (χ1) is 11.4. The summed E-state index contributed by atoms with van der Waals surface area (Å²) in [5.41, 5.74) is -0.856. The highest BCUT2D eigenvalue weighted by Gasteiger charge is 2.37. The van der Waals surface area contributed by atoms with Crippen LogP contribution in [0.4, 0.5) is 17.6 Å². The summed E-state index contributed by atoms with van der Waals surface area (Å²) in [6.07, 6.45) is 0.392. The Labute approximate surface area is 141 Å².